The van der Waals surface area contributed by atoms with Gasteiger partial charge in [0.2, 0.25) is 5.91 Å². The zero-order valence-corrected chi connectivity index (χ0v) is 15.9. The summed E-state index contributed by atoms with van der Waals surface area (Å²) >= 11 is 0. The maximum Gasteiger partial charge on any atom is 0.274 e. The highest BCUT2D eigenvalue weighted by molar-refractivity contribution is 6.01. The number of amides is 3. The lowest BCUT2D eigenvalue weighted by molar-refractivity contribution is -0.123. The highest BCUT2D eigenvalue weighted by atomic mass is 16.5. The summed E-state index contributed by atoms with van der Waals surface area (Å²) in [6.07, 6.45) is 2.49. The van der Waals surface area contributed by atoms with E-state index in [2.05, 4.69) is 15.6 Å². The third kappa shape index (κ3) is 4.44. The van der Waals surface area contributed by atoms with E-state index in [1.54, 1.807) is 6.20 Å². The molecule has 5 N–H and O–H groups in total. The van der Waals surface area contributed by atoms with Gasteiger partial charge in [-0.2, -0.15) is 0 Å². The molecule has 0 unspecified atom stereocenters. The minimum atomic E-state index is -0.884. The van der Waals surface area contributed by atoms with Crippen molar-refractivity contribution in [3.8, 4) is 0 Å². The molecule has 8 nitrogen and oxygen atoms in total. The molecular weight excluding hydrogens is 372 g/mol. The second-order valence-corrected chi connectivity index (χ2v) is 6.51. The molecule has 0 saturated heterocycles. The van der Waals surface area contributed by atoms with Gasteiger partial charge in [-0.15, -0.1) is 0 Å². The molecule has 29 heavy (non-hydrogen) atoms. The fourth-order valence-corrected chi connectivity index (χ4v) is 3.02. The molecule has 0 bridgehead atoms. The first-order chi connectivity index (χ1) is 14.0. The van der Waals surface area contributed by atoms with Crippen LogP contribution in [0.4, 0.5) is 0 Å². The van der Waals surface area contributed by atoms with Gasteiger partial charge in [-0.05, 0) is 36.8 Å². The molecule has 0 saturated carbocycles. The van der Waals surface area contributed by atoms with Gasteiger partial charge in [0.15, 0.2) is 0 Å². The van der Waals surface area contributed by atoms with Crippen LogP contribution in [0.5, 0.6) is 0 Å². The van der Waals surface area contributed by atoms with Crippen molar-refractivity contribution < 1.29 is 19.6 Å². The summed E-state index contributed by atoms with van der Waals surface area (Å²) in [6, 6.07) is 12.4. The summed E-state index contributed by atoms with van der Waals surface area (Å²) in [5, 5.41) is 15.1. The minimum absolute atomic E-state index is 0.206. The van der Waals surface area contributed by atoms with Crippen molar-refractivity contribution in [3.05, 3.63) is 71.4 Å². The van der Waals surface area contributed by atoms with Crippen molar-refractivity contribution in [1.82, 2.24) is 21.1 Å². The van der Waals surface area contributed by atoms with E-state index in [4.69, 9.17) is 5.21 Å². The number of hydrogen-bond donors (Lipinski definition) is 5. The van der Waals surface area contributed by atoms with E-state index in [9.17, 15) is 14.4 Å². The molecule has 150 valence electrons. The first kappa shape index (κ1) is 20.1. The molecule has 8 heteroatoms. The maximum atomic E-state index is 12.8. The summed E-state index contributed by atoms with van der Waals surface area (Å²) in [4.78, 5) is 40.1. The van der Waals surface area contributed by atoms with E-state index in [0.29, 0.717) is 12.1 Å². The molecule has 1 atom stereocenters. The third-order valence-corrected chi connectivity index (χ3v) is 4.53. The Labute approximate surface area is 167 Å². The van der Waals surface area contributed by atoms with Crippen molar-refractivity contribution >= 4 is 28.6 Å². The topological polar surface area (TPSA) is 123 Å². The van der Waals surface area contributed by atoms with Gasteiger partial charge in [0, 0.05) is 40.3 Å². The summed E-state index contributed by atoms with van der Waals surface area (Å²) in [7, 11) is 0. The molecule has 1 aromatic heterocycles. The van der Waals surface area contributed by atoms with Gasteiger partial charge < -0.3 is 15.6 Å². The van der Waals surface area contributed by atoms with E-state index in [1.165, 1.54) is 29.7 Å². The molecule has 0 radical (unpaired) electrons. The molecule has 0 aliphatic heterocycles. The van der Waals surface area contributed by atoms with Crippen LogP contribution in [0.3, 0.4) is 0 Å². The SMILES string of the molecule is CCCNC(=O)[C@@H](NC(=O)c1ccc(C(=O)NO)cc1)c1c[nH]c2ccccc12. The highest BCUT2D eigenvalue weighted by Gasteiger charge is 2.25. The van der Waals surface area contributed by atoms with Crippen LogP contribution in [-0.4, -0.2) is 34.5 Å². The third-order valence-electron chi connectivity index (χ3n) is 4.53. The second kappa shape index (κ2) is 9.03. The Hall–Kier alpha value is -3.65. The predicted molar refractivity (Wildman–Crippen MR) is 108 cm³/mol. The first-order valence-corrected chi connectivity index (χ1v) is 9.24. The number of hydrogen-bond acceptors (Lipinski definition) is 4. The van der Waals surface area contributed by atoms with Crippen LogP contribution in [-0.2, 0) is 4.79 Å². The molecule has 0 aliphatic rings. The largest absolute Gasteiger partial charge is 0.361 e. The van der Waals surface area contributed by atoms with Crippen LogP contribution in [0.2, 0.25) is 0 Å². The summed E-state index contributed by atoms with van der Waals surface area (Å²) in [5.74, 6) is -1.43. The minimum Gasteiger partial charge on any atom is -0.361 e. The summed E-state index contributed by atoms with van der Waals surface area (Å²) in [5.41, 5.74) is 3.56. The van der Waals surface area contributed by atoms with Gasteiger partial charge in [0.1, 0.15) is 6.04 Å². The lowest BCUT2D eigenvalue weighted by Gasteiger charge is -2.18. The van der Waals surface area contributed by atoms with Crippen molar-refractivity contribution in [2.75, 3.05) is 6.54 Å². The number of carbonyl (C=O) groups is 3. The van der Waals surface area contributed by atoms with Crippen molar-refractivity contribution in [1.29, 1.82) is 0 Å². The van der Waals surface area contributed by atoms with Crippen LogP contribution in [0.25, 0.3) is 10.9 Å². The predicted octanol–water partition coefficient (Wildman–Crippen LogP) is 2.28. The van der Waals surface area contributed by atoms with Gasteiger partial charge >= 0.3 is 0 Å². The molecule has 0 fully saturated rings. The fourth-order valence-electron chi connectivity index (χ4n) is 3.02. The summed E-state index contributed by atoms with van der Waals surface area (Å²) in [6.45, 7) is 2.45. The van der Waals surface area contributed by atoms with Crippen LogP contribution in [0.15, 0.2) is 54.7 Å². The van der Waals surface area contributed by atoms with E-state index < -0.39 is 17.9 Å². The Bertz CT molecular complexity index is 1030. The zero-order valence-electron chi connectivity index (χ0n) is 15.9. The van der Waals surface area contributed by atoms with Crippen molar-refractivity contribution in [2.24, 2.45) is 0 Å². The Morgan fingerprint density at radius 3 is 2.31 bits per heavy atom. The van der Waals surface area contributed by atoms with Gasteiger partial charge in [-0.1, -0.05) is 25.1 Å². The second-order valence-electron chi connectivity index (χ2n) is 6.51. The van der Waals surface area contributed by atoms with Crippen molar-refractivity contribution in [2.45, 2.75) is 19.4 Å². The highest BCUT2D eigenvalue weighted by Crippen LogP contribution is 2.24. The number of para-hydroxylation sites is 1. The van der Waals surface area contributed by atoms with E-state index in [0.717, 1.165) is 17.3 Å². The molecule has 0 spiro atoms. The zero-order chi connectivity index (χ0) is 20.8. The monoisotopic (exact) mass is 394 g/mol. The average molecular weight is 394 g/mol. The number of aromatic amines is 1. The smallest absolute Gasteiger partial charge is 0.274 e. The Balaban J connectivity index is 1.87. The quantitative estimate of drug-likeness (QED) is 0.312. The van der Waals surface area contributed by atoms with Gasteiger partial charge in [0.25, 0.3) is 11.8 Å². The Morgan fingerprint density at radius 1 is 1.00 bits per heavy atom. The Morgan fingerprint density at radius 2 is 1.66 bits per heavy atom. The molecule has 1 heterocycles. The molecule has 3 amide bonds. The van der Waals surface area contributed by atoms with Crippen LogP contribution >= 0.6 is 0 Å². The number of carbonyl (C=O) groups excluding carboxylic acids is 3. The molecule has 0 aliphatic carbocycles. The normalized spacial score (nSPS) is 11.7. The number of nitrogens with one attached hydrogen (secondary N) is 4. The first-order valence-electron chi connectivity index (χ1n) is 9.24. The molecule has 3 rings (SSSR count). The molecule has 2 aromatic carbocycles. The number of aromatic nitrogens is 1. The average Bonchev–Trinajstić information content (AvgIpc) is 3.19. The van der Waals surface area contributed by atoms with Gasteiger partial charge in [-0.25, -0.2) is 5.48 Å². The van der Waals surface area contributed by atoms with Crippen LogP contribution in [0, 0.1) is 0 Å². The standard InChI is InChI=1S/C21H22N4O4/c1-2-11-22-21(28)18(16-12-23-17-6-4-3-5-15(16)17)24-19(26)13-7-9-14(10-8-13)20(27)25-29/h3-10,12,18,23,29H,2,11H2,1H3,(H,22,28)(H,24,26)(H,25,27)/t18-/m0/s1. The fraction of sp³-hybridized carbons (Fsp3) is 0.190. The number of benzene rings is 2. The van der Waals surface area contributed by atoms with Gasteiger partial charge in [0.05, 0.1) is 0 Å². The maximum absolute atomic E-state index is 12.8. The molecule has 3 aromatic rings. The molecular formula is C21H22N4O4. The van der Waals surface area contributed by atoms with Gasteiger partial charge in [-0.3, -0.25) is 19.6 Å². The van der Waals surface area contributed by atoms with E-state index >= 15 is 0 Å². The lowest BCUT2D eigenvalue weighted by Crippen LogP contribution is -2.40. The lowest BCUT2D eigenvalue weighted by atomic mass is 10.0. The van der Waals surface area contributed by atoms with Crippen molar-refractivity contribution in [3.63, 3.8) is 0 Å². The van der Waals surface area contributed by atoms with E-state index in [1.807, 2.05) is 31.2 Å². The van der Waals surface area contributed by atoms with E-state index in [-0.39, 0.29) is 17.0 Å². The van der Waals surface area contributed by atoms with Crippen LogP contribution in [0.1, 0.15) is 45.7 Å². The number of rotatable bonds is 7. The number of H-pyrrole nitrogens is 1. The Kier molecular flexibility index (Phi) is 6.25. The number of fused-ring (bicyclic) bond motifs is 1. The number of hydroxylamine groups is 1. The summed E-state index contributed by atoms with van der Waals surface area (Å²) < 4.78 is 0. The van der Waals surface area contributed by atoms with Crippen LogP contribution < -0.4 is 16.1 Å².